The number of carbonyl (C=O) groups is 1. The van der Waals surface area contributed by atoms with E-state index in [4.69, 9.17) is 33.8 Å². The van der Waals surface area contributed by atoms with Gasteiger partial charge in [-0.25, -0.2) is 0 Å². The van der Waals surface area contributed by atoms with Gasteiger partial charge in [-0.1, -0.05) is 34.4 Å². The molecule has 5 nitrogen and oxygen atoms in total. The van der Waals surface area contributed by atoms with E-state index in [0.717, 1.165) is 5.56 Å². The van der Waals surface area contributed by atoms with Crippen molar-refractivity contribution in [2.75, 3.05) is 0 Å². The van der Waals surface area contributed by atoms with Crippen LogP contribution in [-0.2, 0) is 4.79 Å². The second-order valence-electron chi connectivity index (χ2n) is 3.68. The first kappa shape index (κ1) is 14.6. The zero-order valence-corrected chi connectivity index (χ0v) is 10.9. The van der Waals surface area contributed by atoms with E-state index in [0.29, 0.717) is 22.9 Å². The van der Waals surface area contributed by atoms with Gasteiger partial charge in [0.2, 0.25) is 0 Å². The lowest BCUT2D eigenvalue weighted by Crippen LogP contribution is -1.99. The molecule has 0 aliphatic rings. The van der Waals surface area contributed by atoms with Crippen LogP contribution in [0.25, 0.3) is 10.4 Å². The van der Waals surface area contributed by atoms with Gasteiger partial charge < -0.3 is 5.11 Å². The predicted molar refractivity (Wildman–Crippen MR) is 69.8 cm³/mol. The fourth-order valence-corrected chi connectivity index (χ4v) is 1.83. The lowest BCUT2D eigenvalue weighted by molar-refractivity contribution is -0.137. The van der Waals surface area contributed by atoms with Crippen molar-refractivity contribution in [2.24, 2.45) is 5.11 Å². The van der Waals surface area contributed by atoms with Crippen molar-refractivity contribution in [3.8, 4) is 0 Å². The lowest BCUT2D eigenvalue weighted by Gasteiger charge is -2.11. The van der Waals surface area contributed by atoms with Crippen molar-refractivity contribution < 1.29 is 9.90 Å². The topological polar surface area (TPSA) is 86.1 Å². The molecule has 0 heterocycles. The van der Waals surface area contributed by atoms with Gasteiger partial charge >= 0.3 is 5.97 Å². The van der Waals surface area contributed by atoms with Gasteiger partial charge in [-0.3, -0.25) is 4.79 Å². The van der Waals surface area contributed by atoms with Crippen LogP contribution in [0.2, 0.25) is 10.0 Å². The summed E-state index contributed by atoms with van der Waals surface area (Å²) >= 11 is 11.7. The minimum atomic E-state index is -0.871. The Balaban J connectivity index is 2.80. The predicted octanol–water partition coefficient (Wildman–Crippen LogP) is 4.60. The fourth-order valence-electron chi connectivity index (χ4n) is 1.52. The molecule has 7 heteroatoms. The summed E-state index contributed by atoms with van der Waals surface area (Å²) < 4.78 is 0. The number of hydrogen-bond donors (Lipinski definition) is 1. The molecule has 0 saturated heterocycles. The third kappa shape index (κ3) is 4.45. The molecule has 1 atom stereocenters. The molecule has 0 bridgehead atoms. The number of nitrogens with zero attached hydrogens (tertiary/aromatic N) is 3. The van der Waals surface area contributed by atoms with Gasteiger partial charge in [-0.15, -0.1) is 0 Å². The Morgan fingerprint density at radius 1 is 1.44 bits per heavy atom. The third-order valence-corrected chi connectivity index (χ3v) is 3.13. The van der Waals surface area contributed by atoms with Crippen LogP contribution in [0.3, 0.4) is 0 Å². The largest absolute Gasteiger partial charge is 0.481 e. The molecule has 1 rings (SSSR count). The molecule has 0 aliphatic heterocycles. The molecule has 1 aromatic carbocycles. The number of rotatable bonds is 6. The number of carboxylic acids is 1. The first-order valence-corrected chi connectivity index (χ1v) is 6.01. The summed E-state index contributed by atoms with van der Waals surface area (Å²) in [6.45, 7) is 0. The monoisotopic (exact) mass is 287 g/mol. The molecule has 0 aromatic heterocycles. The number of aliphatic carboxylic acids is 1. The highest BCUT2D eigenvalue weighted by Crippen LogP contribution is 2.30. The van der Waals surface area contributed by atoms with Crippen LogP contribution in [0.5, 0.6) is 0 Å². The standard InChI is InChI=1S/C11H11Cl2N3O2/c12-8-5-4-7(6-9(8)13)10(15-16-14)2-1-3-11(17)18/h4-6,10H,1-3H2,(H,17,18). The number of benzene rings is 1. The lowest BCUT2D eigenvalue weighted by atomic mass is 10.0. The normalized spacial score (nSPS) is 11.7. The van der Waals surface area contributed by atoms with E-state index in [1.807, 2.05) is 0 Å². The quantitative estimate of drug-likeness (QED) is 0.471. The summed E-state index contributed by atoms with van der Waals surface area (Å²) in [7, 11) is 0. The molecule has 1 unspecified atom stereocenters. The van der Waals surface area contributed by atoms with E-state index in [1.165, 1.54) is 0 Å². The molecule has 96 valence electrons. The van der Waals surface area contributed by atoms with E-state index in [-0.39, 0.29) is 6.42 Å². The maximum absolute atomic E-state index is 10.4. The fraction of sp³-hybridized carbons (Fsp3) is 0.364. The van der Waals surface area contributed by atoms with Crippen LogP contribution < -0.4 is 0 Å². The number of azide groups is 1. The first-order valence-electron chi connectivity index (χ1n) is 5.25. The second kappa shape index (κ2) is 7.11. The Kier molecular flexibility index (Phi) is 5.78. The van der Waals surface area contributed by atoms with Crippen LogP contribution in [-0.4, -0.2) is 11.1 Å². The first-order chi connectivity index (χ1) is 8.54. The van der Waals surface area contributed by atoms with Crippen molar-refractivity contribution in [3.05, 3.63) is 44.3 Å². The third-order valence-electron chi connectivity index (χ3n) is 2.39. The molecule has 1 aromatic rings. The Bertz CT molecular complexity index is 487. The SMILES string of the molecule is [N-]=[N+]=NC(CCCC(=O)O)c1ccc(Cl)c(Cl)c1. The van der Waals surface area contributed by atoms with E-state index in [1.54, 1.807) is 18.2 Å². The Hall–Kier alpha value is -1.42. The molecule has 0 saturated carbocycles. The summed E-state index contributed by atoms with van der Waals surface area (Å²) in [6.07, 6.45) is 0.923. The maximum atomic E-state index is 10.4. The van der Waals surface area contributed by atoms with Crippen molar-refractivity contribution in [1.29, 1.82) is 0 Å². The summed E-state index contributed by atoms with van der Waals surface area (Å²) in [5, 5.41) is 13.0. The number of carboxylic acid groups (broad SMARTS) is 1. The van der Waals surface area contributed by atoms with E-state index >= 15 is 0 Å². The zero-order chi connectivity index (χ0) is 13.5. The molecule has 0 aliphatic carbocycles. The number of halogens is 2. The minimum absolute atomic E-state index is 0.0404. The molecule has 0 amide bonds. The van der Waals surface area contributed by atoms with Crippen LogP contribution in [0.1, 0.15) is 30.9 Å². The summed E-state index contributed by atoms with van der Waals surface area (Å²) in [4.78, 5) is 13.2. The Morgan fingerprint density at radius 3 is 2.72 bits per heavy atom. The van der Waals surface area contributed by atoms with Crippen LogP contribution in [0, 0.1) is 0 Å². The minimum Gasteiger partial charge on any atom is -0.481 e. The Labute approximate surface area is 114 Å². The highest BCUT2D eigenvalue weighted by molar-refractivity contribution is 6.42. The summed E-state index contributed by atoms with van der Waals surface area (Å²) in [5.74, 6) is -0.871. The van der Waals surface area contributed by atoms with Gasteiger partial charge in [0.15, 0.2) is 0 Å². The molecular formula is C11H11Cl2N3O2. The van der Waals surface area contributed by atoms with E-state index in [2.05, 4.69) is 10.0 Å². The van der Waals surface area contributed by atoms with Gasteiger partial charge in [0.05, 0.1) is 16.1 Å². The van der Waals surface area contributed by atoms with Gasteiger partial charge in [0.1, 0.15) is 0 Å². The van der Waals surface area contributed by atoms with Gasteiger partial charge in [0, 0.05) is 11.3 Å². The zero-order valence-electron chi connectivity index (χ0n) is 9.38. The highest BCUT2D eigenvalue weighted by Gasteiger charge is 2.12. The van der Waals surface area contributed by atoms with Crippen molar-refractivity contribution in [2.45, 2.75) is 25.3 Å². The van der Waals surface area contributed by atoms with E-state index < -0.39 is 12.0 Å². The summed E-state index contributed by atoms with van der Waals surface area (Å²) in [5.41, 5.74) is 9.24. The van der Waals surface area contributed by atoms with Crippen molar-refractivity contribution in [3.63, 3.8) is 0 Å². The van der Waals surface area contributed by atoms with Crippen molar-refractivity contribution in [1.82, 2.24) is 0 Å². The highest BCUT2D eigenvalue weighted by atomic mass is 35.5. The molecular weight excluding hydrogens is 277 g/mol. The smallest absolute Gasteiger partial charge is 0.303 e. The summed E-state index contributed by atoms with van der Waals surface area (Å²) in [6, 6.07) is 4.54. The molecule has 0 spiro atoms. The van der Waals surface area contributed by atoms with Gasteiger partial charge in [-0.05, 0) is 36.1 Å². The Morgan fingerprint density at radius 2 is 2.17 bits per heavy atom. The molecule has 18 heavy (non-hydrogen) atoms. The molecule has 1 N–H and O–H groups in total. The number of hydrogen-bond acceptors (Lipinski definition) is 2. The van der Waals surface area contributed by atoms with Crippen LogP contribution in [0.15, 0.2) is 23.3 Å². The van der Waals surface area contributed by atoms with Gasteiger partial charge in [0.25, 0.3) is 0 Å². The average molecular weight is 288 g/mol. The van der Waals surface area contributed by atoms with Crippen LogP contribution >= 0.6 is 23.2 Å². The van der Waals surface area contributed by atoms with E-state index in [9.17, 15) is 4.79 Å². The molecule has 0 fully saturated rings. The second-order valence-corrected chi connectivity index (χ2v) is 4.49. The van der Waals surface area contributed by atoms with Gasteiger partial charge in [-0.2, -0.15) is 0 Å². The maximum Gasteiger partial charge on any atom is 0.303 e. The van der Waals surface area contributed by atoms with Crippen LogP contribution in [0.4, 0.5) is 0 Å². The van der Waals surface area contributed by atoms with Crippen molar-refractivity contribution >= 4 is 29.2 Å². The average Bonchev–Trinajstić information content (AvgIpc) is 2.31. The molecule has 0 radical (unpaired) electrons.